The van der Waals surface area contributed by atoms with Crippen LogP contribution in [0.15, 0.2) is 6.07 Å². The van der Waals surface area contributed by atoms with Gasteiger partial charge in [-0.25, -0.2) is 4.98 Å². The highest BCUT2D eigenvalue weighted by Gasteiger charge is 2.12. The van der Waals surface area contributed by atoms with Crippen molar-refractivity contribution < 1.29 is 14.6 Å². The summed E-state index contributed by atoms with van der Waals surface area (Å²) in [6.45, 7) is 8.86. The second kappa shape index (κ2) is 6.57. The average Bonchev–Trinajstić information content (AvgIpc) is 2.25. The first-order chi connectivity index (χ1) is 8.08. The Hall–Kier alpha value is -1.13. The highest BCUT2D eigenvalue weighted by Crippen LogP contribution is 2.21. The van der Waals surface area contributed by atoms with Gasteiger partial charge in [0.2, 0.25) is 5.88 Å². The third-order valence-electron chi connectivity index (χ3n) is 2.47. The molecule has 1 N–H and O–H groups in total. The fraction of sp³-hybridized carbons (Fsp3) is 0.615. The highest BCUT2D eigenvalue weighted by molar-refractivity contribution is 5.35. The topological polar surface area (TPSA) is 51.6 Å². The van der Waals surface area contributed by atoms with Crippen molar-refractivity contribution in [3.05, 3.63) is 22.9 Å². The molecule has 0 radical (unpaired) electrons. The zero-order valence-electron chi connectivity index (χ0n) is 11.0. The minimum Gasteiger partial charge on any atom is -0.472 e. The summed E-state index contributed by atoms with van der Waals surface area (Å²) in [4.78, 5) is 4.32. The van der Waals surface area contributed by atoms with Crippen LogP contribution in [0.3, 0.4) is 0 Å². The SMILES string of the molecule is CCOCC(C)Oc1nc(C)cc(C)c1CO. The molecule has 4 heteroatoms. The lowest BCUT2D eigenvalue weighted by Gasteiger charge is -2.17. The monoisotopic (exact) mass is 239 g/mol. The quantitative estimate of drug-likeness (QED) is 0.825. The molecule has 0 saturated heterocycles. The van der Waals surface area contributed by atoms with Gasteiger partial charge in [0.25, 0.3) is 0 Å². The van der Waals surface area contributed by atoms with E-state index in [1.54, 1.807) is 0 Å². The summed E-state index contributed by atoms with van der Waals surface area (Å²) in [6, 6.07) is 1.94. The van der Waals surface area contributed by atoms with Crippen LogP contribution in [0, 0.1) is 13.8 Å². The van der Waals surface area contributed by atoms with Gasteiger partial charge < -0.3 is 14.6 Å². The van der Waals surface area contributed by atoms with Crippen LogP contribution in [0.1, 0.15) is 30.7 Å². The number of rotatable bonds is 6. The van der Waals surface area contributed by atoms with E-state index in [2.05, 4.69) is 4.98 Å². The van der Waals surface area contributed by atoms with Crippen molar-refractivity contribution in [1.29, 1.82) is 0 Å². The lowest BCUT2D eigenvalue weighted by Crippen LogP contribution is -2.20. The van der Waals surface area contributed by atoms with Gasteiger partial charge in [0.15, 0.2) is 0 Å². The van der Waals surface area contributed by atoms with Gasteiger partial charge in [-0.3, -0.25) is 0 Å². The third-order valence-corrected chi connectivity index (χ3v) is 2.47. The van der Waals surface area contributed by atoms with Crippen molar-refractivity contribution in [2.75, 3.05) is 13.2 Å². The molecule has 0 spiro atoms. The van der Waals surface area contributed by atoms with Crippen molar-refractivity contribution in [3.63, 3.8) is 0 Å². The summed E-state index contributed by atoms with van der Waals surface area (Å²) in [5.74, 6) is 0.511. The summed E-state index contributed by atoms with van der Waals surface area (Å²) >= 11 is 0. The van der Waals surface area contributed by atoms with Gasteiger partial charge in [-0.15, -0.1) is 0 Å². The summed E-state index contributed by atoms with van der Waals surface area (Å²) in [6.07, 6.45) is -0.0750. The molecule has 4 nitrogen and oxygen atoms in total. The number of aliphatic hydroxyl groups excluding tert-OH is 1. The molecule has 0 aliphatic rings. The lowest BCUT2D eigenvalue weighted by atomic mass is 10.1. The smallest absolute Gasteiger partial charge is 0.219 e. The van der Waals surface area contributed by atoms with Crippen LogP contribution in [-0.2, 0) is 11.3 Å². The zero-order valence-corrected chi connectivity index (χ0v) is 11.0. The first-order valence-corrected chi connectivity index (χ1v) is 5.90. The molecule has 1 atom stereocenters. The maximum Gasteiger partial charge on any atom is 0.219 e. The number of aryl methyl sites for hydroxylation is 2. The van der Waals surface area contributed by atoms with Crippen LogP contribution in [-0.4, -0.2) is 29.4 Å². The summed E-state index contributed by atoms with van der Waals surface area (Å²) in [5, 5.41) is 9.33. The number of hydrogen-bond acceptors (Lipinski definition) is 4. The van der Waals surface area contributed by atoms with E-state index in [1.165, 1.54) is 0 Å². The minimum absolute atomic E-state index is 0.0597. The van der Waals surface area contributed by atoms with E-state index in [0.717, 1.165) is 16.8 Å². The predicted octanol–water partition coefficient (Wildman–Crippen LogP) is 1.99. The van der Waals surface area contributed by atoms with E-state index in [1.807, 2.05) is 33.8 Å². The Labute approximate surface area is 103 Å². The summed E-state index contributed by atoms with van der Waals surface area (Å²) in [7, 11) is 0. The van der Waals surface area contributed by atoms with Crippen molar-refractivity contribution in [2.45, 2.75) is 40.4 Å². The van der Waals surface area contributed by atoms with Crippen molar-refractivity contribution in [2.24, 2.45) is 0 Å². The van der Waals surface area contributed by atoms with Crippen LogP contribution >= 0.6 is 0 Å². The van der Waals surface area contributed by atoms with Crippen molar-refractivity contribution in [3.8, 4) is 5.88 Å². The second-order valence-electron chi connectivity index (χ2n) is 4.11. The molecule has 1 rings (SSSR count). The Balaban J connectivity index is 2.81. The number of aliphatic hydroxyl groups is 1. The van der Waals surface area contributed by atoms with Gasteiger partial charge >= 0.3 is 0 Å². The van der Waals surface area contributed by atoms with Gasteiger partial charge in [-0.2, -0.15) is 0 Å². The Morgan fingerprint density at radius 2 is 2.12 bits per heavy atom. The van der Waals surface area contributed by atoms with E-state index in [4.69, 9.17) is 9.47 Å². The molecule has 96 valence electrons. The molecule has 0 aromatic carbocycles. The zero-order chi connectivity index (χ0) is 12.8. The molecular formula is C13H21NO3. The Morgan fingerprint density at radius 3 is 2.71 bits per heavy atom. The molecule has 0 fully saturated rings. The van der Waals surface area contributed by atoms with Gasteiger partial charge in [0.1, 0.15) is 6.10 Å². The van der Waals surface area contributed by atoms with Crippen LogP contribution in [0.5, 0.6) is 5.88 Å². The van der Waals surface area contributed by atoms with Gasteiger partial charge in [0.05, 0.1) is 13.2 Å². The lowest BCUT2D eigenvalue weighted by molar-refractivity contribution is 0.0618. The second-order valence-corrected chi connectivity index (χ2v) is 4.11. The molecule has 0 aliphatic heterocycles. The maximum absolute atomic E-state index is 9.33. The van der Waals surface area contributed by atoms with Crippen LogP contribution in [0.2, 0.25) is 0 Å². The first-order valence-electron chi connectivity index (χ1n) is 5.90. The molecule has 0 bridgehead atoms. The van der Waals surface area contributed by atoms with Crippen LogP contribution in [0.25, 0.3) is 0 Å². The highest BCUT2D eigenvalue weighted by atomic mass is 16.5. The molecule has 0 aliphatic carbocycles. The average molecular weight is 239 g/mol. The Kier molecular flexibility index (Phi) is 5.38. The maximum atomic E-state index is 9.33. The minimum atomic E-state index is -0.0750. The van der Waals surface area contributed by atoms with Gasteiger partial charge in [0, 0.05) is 17.9 Å². The number of pyridine rings is 1. The van der Waals surface area contributed by atoms with E-state index in [9.17, 15) is 5.11 Å². The molecule has 0 amide bonds. The molecule has 17 heavy (non-hydrogen) atoms. The normalized spacial score (nSPS) is 12.5. The van der Waals surface area contributed by atoms with E-state index in [-0.39, 0.29) is 12.7 Å². The molecule has 0 saturated carbocycles. The molecular weight excluding hydrogens is 218 g/mol. The summed E-state index contributed by atoms with van der Waals surface area (Å²) in [5.41, 5.74) is 2.64. The molecule has 1 unspecified atom stereocenters. The van der Waals surface area contributed by atoms with Crippen molar-refractivity contribution >= 4 is 0 Å². The van der Waals surface area contributed by atoms with E-state index in [0.29, 0.717) is 19.1 Å². The predicted molar refractivity (Wildman–Crippen MR) is 66.2 cm³/mol. The third kappa shape index (κ3) is 3.98. The van der Waals surface area contributed by atoms with Crippen LogP contribution in [0.4, 0.5) is 0 Å². The largest absolute Gasteiger partial charge is 0.472 e. The Bertz CT molecular complexity index is 366. The first kappa shape index (κ1) is 13.9. The molecule has 1 heterocycles. The van der Waals surface area contributed by atoms with Gasteiger partial charge in [-0.05, 0) is 39.3 Å². The Morgan fingerprint density at radius 1 is 1.41 bits per heavy atom. The van der Waals surface area contributed by atoms with E-state index < -0.39 is 0 Å². The van der Waals surface area contributed by atoms with Crippen molar-refractivity contribution in [1.82, 2.24) is 4.98 Å². The molecule has 1 aromatic rings. The standard InChI is InChI=1S/C13H21NO3/c1-5-16-8-11(4)17-13-12(7-15)9(2)6-10(3)14-13/h6,11,15H,5,7-8H2,1-4H3. The number of aromatic nitrogens is 1. The number of ether oxygens (including phenoxy) is 2. The summed E-state index contributed by atoms with van der Waals surface area (Å²) < 4.78 is 11.0. The number of hydrogen-bond donors (Lipinski definition) is 1. The fourth-order valence-electron chi connectivity index (χ4n) is 1.63. The fourth-order valence-corrected chi connectivity index (χ4v) is 1.63. The van der Waals surface area contributed by atoms with Gasteiger partial charge in [-0.1, -0.05) is 0 Å². The molecule has 1 aromatic heterocycles. The number of nitrogens with zero attached hydrogens (tertiary/aromatic N) is 1. The van der Waals surface area contributed by atoms with Crippen LogP contribution < -0.4 is 4.74 Å². The van der Waals surface area contributed by atoms with E-state index >= 15 is 0 Å².